The molecule has 3 rings (SSSR count). The van der Waals surface area contributed by atoms with Crippen LogP contribution in [-0.4, -0.2) is 17.4 Å². The Labute approximate surface area is 144 Å². The number of amides is 1. The topological polar surface area (TPSA) is 20.3 Å². The molecular weight excluding hydrogens is 336 g/mol. The summed E-state index contributed by atoms with van der Waals surface area (Å²) >= 11 is 12.3. The quantitative estimate of drug-likeness (QED) is 0.718. The maximum atomic E-state index is 13.2. The van der Waals surface area contributed by atoms with Crippen LogP contribution < -0.4 is 0 Å². The van der Waals surface area contributed by atoms with Crippen molar-refractivity contribution in [3.05, 3.63) is 75.0 Å². The summed E-state index contributed by atoms with van der Waals surface area (Å²) in [5, 5.41) is 1.10. The van der Waals surface area contributed by atoms with Gasteiger partial charge in [-0.05, 0) is 42.3 Å². The highest BCUT2D eigenvalue weighted by atomic mass is 35.5. The summed E-state index contributed by atoms with van der Waals surface area (Å²) < 4.78 is 13.2. The molecule has 0 saturated carbocycles. The average Bonchev–Trinajstić information content (AvgIpc) is 2.84. The van der Waals surface area contributed by atoms with Crippen molar-refractivity contribution in [2.24, 2.45) is 0 Å². The first-order valence-corrected chi connectivity index (χ1v) is 7.98. The van der Waals surface area contributed by atoms with Gasteiger partial charge in [-0.15, -0.1) is 0 Å². The summed E-state index contributed by atoms with van der Waals surface area (Å²) in [6.45, 7) is 0.972. The van der Waals surface area contributed by atoms with Crippen LogP contribution in [0, 0.1) is 5.82 Å². The second kappa shape index (κ2) is 6.73. The lowest BCUT2D eigenvalue weighted by Crippen LogP contribution is -2.24. The molecule has 0 N–H and O–H groups in total. The molecule has 0 unspecified atom stereocenters. The van der Waals surface area contributed by atoms with Gasteiger partial charge in [0.05, 0.1) is 0 Å². The van der Waals surface area contributed by atoms with Crippen LogP contribution in [0.2, 0.25) is 10.0 Å². The van der Waals surface area contributed by atoms with Crippen LogP contribution in [0.25, 0.3) is 6.08 Å². The number of rotatable bonds is 3. The van der Waals surface area contributed by atoms with Crippen LogP contribution in [0.1, 0.15) is 17.5 Å². The fourth-order valence-electron chi connectivity index (χ4n) is 2.62. The lowest BCUT2D eigenvalue weighted by atomic mass is 10.1. The molecule has 0 aliphatic carbocycles. The maximum absolute atomic E-state index is 13.2. The number of hydrogen-bond donors (Lipinski definition) is 0. The third-order valence-electron chi connectivity index (χ3n) is 3.81. The van der Waals surface area contributed by atoms with E-state index in [-0.39, 0.29) is 11.7 Å². The van der Waals surface area contributed by atoms with Gasteiger partial charge < -0.3 is 4.90 Å². The summed E-state index contributed by atoms with van der Waals surface area (Å²) in [6, 6.07) is 11.5. The van der Waals surface area contributed by atoms with E-state index in [9.17, 15) is 9.18 Å². The highest BCUT2D eigenvalue weighted by Crippen LogP contribution is 2.29. The number of halogens is 3. The third-order valence-corrected chi connectivity index (χ3v) is 4.52. The Bertz CT molecular complexity index is 768. The van der Waals surface area contributed by atoms with Crippen molar-refractivity contribution in [3.63, 3.8) is 0 Å². The Balaban J connectivity index is 1.79. The zero-order valence-corrected chi connectivity index (χ0v) is 13.7. The molecule has 0 atom stereocenters. The molecule has 0 aromatic heterocycles. The van der Waals surface area contributed by atoms with E-state index in [4.69, 9.17) is 23.2 Å². The van der Waals surface area contributed by atoms with Crippen molar-refractivity contribution in [2.45, 2.75) is 13.0 Å². The van der Waals surface area contributed by atoms with Gasteiger partial charge in [-0.25, -0.2) is 4.39 Å². The van der Waals surface area contributed by atoms with Crippen molar-refractivity contribution in [1.82, 2.24) is 4.90 Å². The van der Waals surface area contributed by atoms with Crippen LogP contribution in [0.5, 0.6) is 0 Å². The highest BCUT2D eigenvalue weighted by Gasteiger charge is 2.26. The van der Waals surface area contributed by atoms with Crippen LogP contribution in [0.4, 0.5) is 4.39 Å². The number of nitrogens with zero attached hydrogens (tertiary/aromatic N) is 1. The van der Waals surface area contributed by atoms with E-state index in [1.807, 2.05) is 0 Å². The maximum Gasteiger partial charge on any atom is 0.250 e. The Hall–Kier alpha value is -1.84. The molecule has 1 aliphatic rings. The van der Waals surface area contributed by atoms with Gasteiger partial charge in [0.2, 0.25) is 5.91 Å². The minimum absolute atomic E-state index is 0.0646. The predicted octanol–water partition coefficient (Wildman–Crippen LogP) is 4.95. The lowest BCUT2D eigenvalue weighted by molar-refractivity contribution is -0.125. The first-order valence-electron chi connectivity index (χ1n) is 7.23. The molecule has 118 valence electrons. The molecule has 2 aromatic carbocycles. The largest absolute Gasteiger partial charge is 0.334 e. The number of hydrogen-bond acceptors (Lipinski definition) is 1. The molecule has 1 fully saturated rings. The van der Waals surface area contributed by atoms with Gasteiger partial charge in [-0.3, -0.25) is 4.79 Å². The second-order valence-corrected chi connectivity index (χ2v) is 6.22. The third kappa shape index (κ3) is 3.57. The van der Waals surface area contributed by atoms with E-state index in [0.29, 0.717) is 40.7 Å². The van der Waals surface area contributed by atoms with Crippen LogP contribution in [0.3, 0.4) is 0 Å². The lowest BCUT2D eigenvalue weighted by Gasteiger charge is -2.17. The predicted molar refractivity (Wildman–Crippen MR) is 90.9 cm³/mol. The average molecular weight is 350 g/mol. The first-order chi connectivity index (χ1) is 11.0. The molecule has 2 nitrogen and oxygen atoms in total. The number of likely N-dealkylation sites (tertiary alicyclic amines) is 1. The van der Waals surface area contributed by atoms with E-state index >= 15 is 0 Å². The number of carbonyl (C=O) groups excluding carboxylic acids is 1. The molecule has 5 heteroatoms. The molecule has 2 aromatic rings. The van der Waals surface area contributed by atoms with Gasteiger partial charge >= 0.3 is 0 Å². The first kappa shape index (κ1) is 16.0. The van der Waals surface area contributed by atoms with Crippen molar-refractivity contribution in [2.75, 3.05) is 6.54 Å². The minimum atomic E-state index is -0.315. The molecule has 0 radical (unpaired) electrons. The second-order valence-electron chi connectivity index (χ2n) is 5.40. The zero-order valence-electron chi connectivity index (χ0n) is 12.2. The van der Waals surface area contributed by atoms with Gasteiger partial charge in [0.15, 0.2) is 0 Å². The van der Waals surface area contributed by atoms with Gasteiger partial charge in [-0.2, -0.15) is 0 Å². The molecule has 1 heterocycles. The van der Waals surface area contributed by atoms with E-state index < -0.39 is 0 Å². The summed E-state index contributed by atoms with van der Waals surface area (Å²) in [5.41, 5.74) is 2.10. The van der Waals surface area contributed by atoms with Crippen molar-refractivity contribution in [3.8, 4) is 0 Å². The van der Waals surface area contributed by atoms with Gasteiger partial charge in [0.1, 0.15) is 5.82 Å². The van der Waals surface area contributed by atoms with E-state index in [2.05, 4.69) is 0 Å². The molecule has 1 amide bonds. The Kier molecular flexibility index (Phi) is 4.69. The summed E-state index contributed by atoms with van der Waals surface area (Å²) in [6.07, 6.45) is 2.36. The summed E-state index contributed by atoms with van der Waals surface area (Å²) in [7, 11) is 0. The smallest absolute Gasteiger partial charge is 0.250 e. The van der Waals surface area contributed by atoms with Gasteiger partial charge in [0, 0.05) is 34.3 Å². The molecule has 23 heavy (non-hydrogen) atoms. The Morgan fingerprint density at radius 1 is 1.13 bits per heavy atom. The molecule has 1 aliphatic heterocycles. The highest BCUT2D eigenvalue weighted by molar-refractivity contribution is 6.36. The van der Waals surface area contributed by atoms with Crippen LogP contribution in [-0.2, 0) is 11.3 Å². The molecule has 1 saturated heterocycles. The van der Waals surface area contributed by atoms with E-state index in [0.717, 1.165) is 5.56 Å². The standard InChI is InChI=1S/C18H14Cl2FNO/c19-16-5-2-6-17(20)15(16)11-22-8-7-13(18(22)23)9-12-3-1-4-14(21)10-12/h1-6,9-10H,7-8,11H2/b13-9+. The fourth-order valence-corrected chi connectivity index (χ4v) is 3.14. The van der Waals surface area contributed by atoms with Crippen LogP contribution in [0.15, 0.2) is 48.0 Å². The minimum Gasteiger partial charge on any atom is -0.334 e. The SMILES string of the molecule is O=C1/C(=C/c2cccc(F)c2)CCN1Cc1c(Cl)cccc1Cl. The number of benzene rings is 2. The van der Waals surface area contributed by atoms with Gasteiger partial charge in [0.25, 0.3) is 0 Å². The van der Waals surface area contributed by atoms with Crippen molar-refractivity contribution >= 4 is 35.2 Å². The molecule has 0 bridgehead atoms. The van der Waals surface area contributed by atoms with Crippen molar-refractivity contribution < 1.29 is 9.18 Å². The molecular formula is C18H14Cl2FNO. The van der Waals surface area contributed by atoms with Gasteiger partial charge in [-0.1, -0.05) is 41.4 Å². The van der Waals surface area contributed by atoms with E-state index in [1.165, 1.54) is 12.1 Å². The van der Waals surface area contributed by atoms with E-state index in [1.54, 1.807) is 41.3 Å². The normalized spacial score (nSPS) is 16.4. The van der Waals surface area contributed by atoms with Crippen LogP contribution >= 0.6 is 23.2 Å². The zero-order chi connectivity index (χ0) is 16.4. The fraction of sp³-hybridized carbons (Fsp3) is 0.167. The Morgan fingerprint density at radius 2 is 1.83 bits per heavy atom. The number of carbonyl (C=O) groups is 1. The summed E-state index contributed by atoms with van der Waals surface area (Å²) in [5.74, 6) is -0.380. The molecule has 0 spiro atoms. The monoisotopic (exact) mass is 349 g/mol. The Morgan fingerprint density at radius 3 is 2.52 bits per heavy atom. The summed E-state index contributed by atoms with van der Waals surface area (Å²) in [4.78, 5) is 14.2. The van der Waals surface area contributed by atoms with Crippen molar-refractivity contribution in [1.29, 1.82) is 0 Å².